The zero-order valence-electron chi connectivity index (χ0n) is 15.6. The predicted octanol–water partition coefficient (Wildman–Crippen LogP) is 8.16. The topological polar surface area (TPSA) is 0 Å². The van der Waals surface area contributed by atoms with Crippen molar-refractivity contribution >= 4 is 45.3 Å². The Balaban J connectivity index is 1.77. The maximum atomic E-state index is 13.9. The van der Waals surface area contributed by atoms with E-state index in [1.54, 1.807) is 17.4 Å². The van der Waals surface area contributed by atoms with Gasteiger partial charge in [0.05, 0.1) is 8.45 Å². The van der Waals surface area contributed by atoms with E-state index in [-0.39, 0.29) is 0 Å². The number of rotatable bonds is 6. The fraction of sp³-hybridized carbons (Fsp3) is 0.273. The second-order valence-corrected chi connectivity index (χ2v) is 9.77. The van der Waals surface area contributed by atoms with Crippen LogP contribution in [0.3, 0.4) is 0 Å². The van der Waals surface area contributed by atoms with Gasteiger partial charge in [-0.05, 0) is 59.7 Å². The van der Waals surface area contributed by atoms with Crippen molar-refractivity contribution in [3.8, 4) is 21.6 Å². The summed E-state index contributed by atoms with van der Waals surface area (Å²) in [6.07, 6.45) is 5.93. The molecule has 0 unspecified atom stereocenters. The van der Waals surface area contributed by atoms with Gasteiger partial charge in [-0.15, -0.1) is 22.7 Å². The van der Waals surface area contributed by atoms with Crippen LogP contribution >= 0.6 is 45.3 Å². The molecule has 0 aliphatic rings. The van der Waals surface area contributed by atoms with E-state index in [1.807, 2.05) is 6.07 Å². The van der Waals surface area contributed by atoms with Crippen LogP contribution in [0.15, 0.2) is 24.3 Å². The fourth-order valence-corrected chi connectivity index (χ4v) is 5.22. The molecule has 29 heavy (non-hydrogen) atoms. The lowest BCUT2D eigenvalue weighted by atomic mass is 10.1. The monoisotopic (exact) mass is 548 g/mol. The molecule has 0 saturated carbocycles. The molecule has 0 spiro atoms. The summed E-state index contributed by atoms with van der Waals surface area (Å²) in [5.74, 6) is -0.922. The highest BCUT2D eigenvalue weighted by molar-refractivity contribution is 14.1. The van der Waals surface area contributed by atoms with Crippen LogP contribution in [0.25, 0.3) is 9.75 Å². The summed E-state index contributed by atoms with van der Waals surface area (Å²) in [5, 5.41) is 0. The molecule has 0 bridgehead atoms. The van der Waals surface area contributed by atoms with Crippen molar-refractivity contribution in [1.29, 1.82) is 0 Å². The van der Waals surface area contributed by atoms with Crippen LogP contribution in [0.2, 0.25) is 0 Å². The minimum Gasteiger partial charge on any atom is -0.202 e. The van der Waals surface area contributed by atoms with Gasteiger partial charge in [-0.1, -0.05) is 38.0 Å². The van der Waals surface area contributed by atoms with Crippen LogP contribution in [0.4, 0.5) is 17.6 Å². The zero-order valence-corrected chi connectivity index (χ0v) is 19.3. The van der Waals surface area contributed by atoms with Crippen LogP contribution in [0.5, 0.6) is 0 Å². The SMILES string of the molecule is CCCCCCc1ccc(-c2ccc(C#Cc3c(F)c(F)c(I)c(F)c3F)s2)s1. The highest BCUT2D eigenvalue weighted by Gasteiger charge is 2.22. The molecular weight excluding hydrogens is 531 g/mol. The molecule has 0 radical (unpaired) electrons. The molecule has 1 aromatic carbocycles. The lowest BCUT2D eigenvalue weighted by molar-refractivity contribution is 0.442. The number of hydrogen-bond acceptors (Lipinski definition) is 2. The highest BCUT2D eigenvalue weighted by atomic mass is 127. The molecule has 2 heterocycles. The van der Waals surface area contributed by atoms with Crippen LogP contribution in [0, 0.1) is 38.7 Å². The first-order chi connectivity index (χ1) is 13.9. The molecule has 0 saturated heterocycles. The molecule has 2 aromatic heterocycles. The van der Waals surface area contributed by atoms with Crippen LogP contribution in [-0.4, -0.2) is 0 Å². The Bertz CT molecular complexity index is 1040. The van der Waals surface area contributed by atoms with E-state index in [9.17, 15) is 17.6 Å². The first-order valence-electron chi connectivity index (χ1n) is 9.14. The van der Waals surface area contributed by atoms with Crippen LogP contribution in [-0.2, 0) is 6.42 Å². The summed E-state index contributed by atoms with van der Waals surface area (Å²) in [6.45, 7) is 2.19. The quantitative estimate of drug-likeness (QED) is 0.0729. The van der Waals surface area contributed by atoms with Crippen molar-refractivity contribution in [2.24, 2.45) is 0 Å². The Kier molecular flexibility index (Phi) is 7.77. The molecule has 0 atom stereocenters. The average Bonchev–Trinajstić information content (AvgIpc) is 3.37. The van der Waals surface area contributed by atoms with Crippen molar-refractivity contribution in [2.45, 2.75) is 39.0 Å². The van der Waals surface area contributed by atoms with Crippen molar-refractivity contribution in [2.75, 3.05) is 0 Å². The molecule has 3 rings (SSSR count). The zero-order chi connectivity index (χ0) is 21.0. The summed E-state index contributed by atoms with van der Waals surface area (Å²) in [5.41, 5.74) is -0.888. The number of hydrogen-bond donors (Lipinski definition) is 0. The molecule has 3 aromatic rings. The summed E-state index contributed by atoms with van der Waals surface area (Å²) in [6, 6.07) is 7.82. The minimum atomic E-state index is -1.47. The van der Waals surface area contributed by atoms with Gasteiger partial charge in [0, 0.05) is 14.6 Å². The molecule has 0 fully saturated rings. The van der Waals surface area contributed by atoms with E-state index in [2.05, 4.69) is 30.9 Å². The Labute approximate surface area is 189 Å². The van der Waals surface area contributed by atoms with E-state index in [0.717, 1.165) is 16.2 Å². The number of unbranched alkanes of at least 4 members (excludes halogenated alkanes) is 3. The summed E-state index contributed by atoms with van der Waals surface area (Å²) in [4.78, 5) is 4.00. The van der Waals surface area contributed by atoms with Gasteiger partial charge in [0.1, 0.15) is 5.56 Å². The van der Waals surface area contributed by atoms with Gasteiger partial charge in [-0.3, -0.25) is 0 Å². The second-order valence-electron chi connectivity index (χ2n) is 6.44. The van der Waals surface area contributed by atoms with E-state index in [1.165, 1.54) is 64.5 Å². The Morgan fingerprint density at radius 2 is 1.45 bits per heavy atom. The molecular formula is C22H17F4IS2. The lowest BCUT2D eigenvalue weighted by Crippen LogP contribution is -2.03. The third-order valence-electron chi connectivity index (χ3n) is 4.31. The summed E-state index contributed by atoms with van der Waals surface area (Å²) >= 11 is 4.33. The van der Waals surface area contributed by atoms with Gasteiger partial charge in [-0.2, -0.15) is 0 Å². The Morgan fingerprint density at radius 1 is 0.793 bits per heavy atom. The van der Waals surface area contributed by atoms with Gasteiger partial charge in [0.15, 0.2) is 23.3 Å². The molecule has 0 aliphatic carbocycles. The number of benzene rings is 1. The summed E-state index contributed by atoms with van der Waals surface area (Å²) in [7, 11) is 0. The van der Waals surface area contributed by atoms with Crippen LogP contribution < -0.4 is 0 Å². The third-order valence-corrected chi connectivity index (χ3v) is 7.60. The molecule has 152 valence electrons. The van der Waals surface area contributed by atoms with Gasteiger partial charge in [0.25, 0.3) is 0 Å². The molecule has 0 nitrogen and oxygen atoms in total. The Hall–Kier alpha value is -1.37. The van der Waals surface area contributed by atoms with Crippen molar-refractivity contribution in [1.82, 2.24) is 0 Å². The predicted molar refractivity (Wildman–Crippen MR) is 120 cm³/mol. The number of aryl methyl sites for hydroxylation is 1. The molecule has 0 N–H and O–H groups in total. The largest absolute Gasteiger partial charge is 0.202 e. The normalized spacial score (nSPS) is 10.8. The maximum Gasteiger partial charge on any atom is 0.178 e. The first-order valence-corrected chi connectivity index (χ1v) is 11.9. The highest BCUT2D eigenvalue weighted by Crippen LogP contribution is 2.34. The maximum absolute atomic E-state index is 13.9. The minimum absolute atomic E-state index is 0.566. The van der Waals surface area contributed by atoms with Crippen molar-refractivity contribution in [3.05, 3.63) is 66.4 Å². The summed E-state index contributed by atoms with van der Waals surface area (Å²) < 4.78 is 54.5. The van der Waals surface area contributed by atoms with Gasteiger partial charge >= 0.3 is 0 Å². The second kappa shape index (κ2) is 10.1. The number of halogens is 5. The first kappa shape index (κ1) is 22.3. The van der Waals surface area contributed by atoms with E-state index in [4.69, 9.17) is 0 Å². The van der Waals surface area contributed by atoms with Gasteiger partial charge in [-0.25, -0.2) is 17.6 Å². The van der Waals surface area contributed by atoms with Crippen LogP contribution in [0.1, 0.15) is 47.9 Å². The van der Waals surface area contributed by atoms with Gasteiger partial charge in [0.2, 0.25) is 0 Å². The molecule has 0 aliphatic heterocycles. The third kappa shape index (κ3) is 5.22. The van der Waals surface area contributed by atoms with E-state index < -0.39 is 32.4 Å². The number of thiophene rings is 2. The average molecular weight is 548 g/mol. The van der Waals surface area contributed by atoms with Crippen molar-refractivity contribution < 1.29 is 17.6 Å². The smallest absolute Gasteiger partial charge is 0.178 e. The fourth-order valence-electron chi connectivity index (χ4n) is 2.75. The van der Waals surface area contributed by atoms with Gasteiger partial charge < -0.3 is 0 Å². The van der Waals surface area contributed by atoms with Crippen molar-refractivity contribution in [3.63, 3.8) is 0 Å². The lowest BCUT2D eigenvalue weighted by Gasteiger charge is -2.03. The molecule has 0 amide bonds. The standard InChI is InChI=1S/C22H17F4IS2/c1-2-3-4-5-6-13-8-11-16(28-13)17-12-9-14(29-17)7-10-15-18(23)20(25)22(27)21(26)19(15)24/h8-9,11-12H,2-6H2,1H3. The van der Waals surface area contributed by atoms with E-state index >= 15 is 0 Å². The Morgan fingerprint density at radius 3 is 2.14 bits per heavy atom. The van der Waals surface area contributed by atoms with E-state index in [0.29, 0.717) is 4.88 Å². The molecule has 7 heteroatoms.